The third-order valence-electron chi connectivity index (χ3n) is 2.64. The quantitative estimate of drug-likeness (QED) is 0.392. The Bertz CT molecular complexity index is 229. The van der Waals surface area contributed by atoms with E-state index in [2.05, 4.69) is 16.8 Å². The molecule has 0 heterocycles. The van der Waals surface area contributed by atoms with Gasteiger partial charge in [0.15, 0.2) is 0 Å². The smallest absolute Gasteiger partial charge is 0.229 e. The highest BCUT2D eigenvalue weighted by Gasteiger charge is 2.58. The summed E-state index contributed by atoms with van der Waals surface area (Å²) in [5.74, 6) is 0.242. The molecule has 1 fully saturated rings. The predicted molar refractivity (Wildman–Crippen MR) is 52.4 cm³/mol. The van der Waals surface area contributed by atoms with Crippen molar-refractivity contribution in [3.63, 3.8) is 0 Å². The molecule has 4 heteroatoms. The number of carbonyl (C=O) groups is 1. The first-order valence-electron chi connectivity index (χ1n) is 4.77. The summed E-state index contributed by atoms with van der Waals surface area (Å²) in [6.07, 6.45) is 2.60. The molecule has 1 aliphatic carbocycles. The standard InChI is InChI=1S/C10H17NO3/c1-4-8-6-10(8,7-14-13-3)9(12)11-5-2/h4,8H,1,5-7H2,2-3H3,(H,11,12). The second kappa shape index (κ2) is 4.57. The van der Waals surface area contributed by atoms with Crippen molar-refractivity contribution >= 4 is 5.91 Å². The normalized spacial score (nSPS) is 29.7. The number of carbonyl (C=O) groups excluding carboxylic acids is 1. The van der Waals surface area contributed by atoms with Crippen LogP contribution in [0.3, 0.4) is 0 Å². The van der Waals surface area contributed by atoms with Crippen molar-refractivity contribution in [1.82, 2.24) is 5.32 Å². The van der Waals surface area contributed by atoms with Crippen LogP contribution in [-0.2, 0) is 14.6 Å². The maximum absolute atomic E-state index is 11.7. The Morgan fingerprint density at radius 3 is 2.93 bits per heavy atom. The zero-order valence-corrected chi connectivity index (χ0v) is 8.71. The lowest BCUT2D eigenvalue weighted by molar-refractivity contribution is -0.281. The molecule has 4 nitrogen and oxygen atoms in total. The molecular formula is C10H17NO3. The molecule has 1 amide bonds. The van der Waals surface area contributed by atoms with Crippen LogP contribution in [0.2, 0.25) is 0 Å². The molecule has 80 valence electrons. The Kier molecular flexibility index (Phi) is 3.66. The van der Waals surface area contributed by atoms with E-state index in [4.69, 9.17) is 4.89 Å². The van der Waals surface area contributed by atoms with Gasteiger partial charge in [0.05, 0.1) is 19.1 Å². The predicted octanol–water partition coefficient (Wildman–Crippen LogP) is 0.893. The van der Waals surface area contributed by atoms with Crippen LogP contribution in [0.4, 0.5) is 0 Å². The summed E-state index contributed by atoms with van der Waals surface area (Å²) in [5.41, 5.74) is -0.437. The highest BCUT2D eigenvalue weighted by molar-refractivity contribution is 5.86. The molecule has 2 atom stereocenters. The van der Waals surface area contributed by atoms with Crippen molar-refractivity contribution in [1.29, 1.82) is 0 Å². The molecule has 1 N–H and O–H groups in total. The highest BCUT2D eigenvalue weighted by atomic mass is 17.2. The van der Waals surface area contributed by atoms with E-state index < -0.39 is 5.41 Å². The van der Waals surface area contributed by atoms with Gasteiger partial charge in [-0.2, -0.15) is 0 Å². The number of rotatable bonds is 6. The van der Waals surface area contributed by atoms with Gasteiger partial charge in [0.25, 0.3) is 0 Å². The summed E-state index contributed by atoms with van der Waals surface area (Å²) in [6.45, 7) is 6.52. The molecular weight excluding hydrogens is 182 g/mol. The highest BCUT2D eigenvalue weighted by Crippen LogP contribution is 2.53. The lowest BCUT2D eigenvalue weighted by Crippen LogP contribution is -2.35. The molecule has 0 spiro atoms. The number of amides is 1. The van der Waals surface area contributed by atoms with Gasteiger partial charge in [0, 0.05) is 6.54 Å². The third-order valence-corrected chi connectivity index (χ3v) is 2.64. The molecule has 0 saturated heterocycles. The number of hydrogen-bond acceptors (Lipinski definition) is 3. The largest absolute Gasteiger partial charge is 0.356 e. The van der Waals surface area contributed by atoms with Crippen LogP contribution in [0.1, 0.15) is 13.3 Å². The minimum Gasteiger partial charge on any atom is -0.356 e. The zero-order valence-electron chi connectivity index (χ0n) is 8.71. The minimum atomic E-state index is -0.437. The van der Waals surface area contributed by atoms with Crippen molar-refractivity contribution < 1.29 is 14.6 Å². The molecule has 0 bridgehead atoms. The van der Waals surface area contributed by atoms with Gasteiger partial charge in [-0.1, -0.05) is 6.08 Å². The monoisotopic (exact) mass is 199 g/mol. The molecule has 0 aromatic rings. The fraction of sp³-hybridized carbons (Fsp3) is 0.700. The molecule has 0 aromatic heterocycles. The van der Waals surface area contributed by atoms with Crippen LogP contribution in [0.5, 0.6) is 0 Å². The van der Waals surface area contributed by atoms with Crippen molar-refractivity contribution in [3.8, 4) is 0 Å². The Morgan fingerprint density at radius 2 is 2.50 bits per heavy atom. The number of hydrogen-bond donors (Lipinski definition) is 1. The van der Waals surface area contributed by atoms with Gasteiger partial charge in [-0.05, 0) is 19.3 Å². The van der Waals surface area contributed by atoms with E-state index >= 15 is 0 Å². The molecule has 1 aliphatic rings. The summed E-state index contributed by atoms with van der Waals surface area (Å²) in [5, 5.41) is 2.80. The maximum atomic E-state index is 11.7. The van der Waals surface area contributed by atoms with Crippen LogP contribution in [0, 0.1) is 11.3 Å². The average molecular weight is 199 g/mol. The van der Waals surface area contributed by atoms with Gasteiger partial charge in [-0.15, -0.1) is 6.58 Å². The molecule has 0 radical (unpaired) electrons. The SMILES string of the molecule is C=CC1CC1(COOC)C(=O)NCC. The van der Waals surface area contributed by atoms with E-state index in [1.807, 2.05) is 6.92 Å². The van der Waals surface area contributed by atoms with E-state index in [1.165, 1.54) is 7.11 Å². The summed E-state index contributed by atoms with van der Waals surface area (Å²) in [4.78, 5) is 21.1. The number of allylic oxidation sites excluding steroid dienone is 1. The maximum Gasteiger partial charge on any atom is 0.229 e. The molecule has 0 aliphatic heterocycles. The molecule has 2 unspecified atom stereocenters. The number of nitrogens with one attached hydrogen (secondary N) is 1. The Morgan fingerprint density at radius 1 is 1.79 bits per heavy atom. The van der Waals surface area contributed by atoms with Crippen molar-refractivity contribution in [2.75, 3.05) is 20.3 Å². The van der Waals surface area contributed by atoms with E-state index in [0.29, 0.717) is 13.2 Å². The Hall–Kier alpha value is -0.870. The first-order valence-corrected chi connectivity index (χ1v) is 4.77. The zero-order chi connectivity index (χ0) is 10.6. The summed E-state index contributed by atoms with van der Waals surface area (Å²) in [6, 6.07) is 0. The Labute approximate surface area is 84.2 Å². The minimum absolute atomic E-state index is 0.0296. The molecule has 0 aromatic carbocycles. The van der Waals surface area contributed by atoms with Gasteiger partial charge in [0.2, 0.25) is 5.91 Å². The van der Waals surface area contributed by atoms with E-state index in [0.717, 1.165) is 6.42 Å². The molecule has 14 heavy (non-hydrogen) atoms. The lowest BCUT2D eigenvalue weighted by atomic mass is 10.0. The second-order valence-electron chi connectivity index (χ2n) is 3.49. The van der Waals surface area contributed by atoms with Crippen LogP contribution >= 0.6 is 0 Å². The first kappa shape index (κ1) is 11.2. The third kappa shape index (κ3) is 1.96. The van der Waals surface area contributed by atoms with Crippen molar-refractivity contribution in [2.24, 2.45) is 11.3 Å². The fourth-order valence-electron chi connectivity index (χ4n) is 1.64. The van der Waals surface area contributed by atoms with Gasteiger partial charge < -0.3 is 5.32 Å². The fourth-order valence-corrected chi connectivity index (χ4v) is 1.64. The van der Waals surface area contributed by atoms with Crippen molar-refractivity contribution in [3.05, 3.63) is 12.7 Å². The molecule has 1 rings (SSSR count). The van der Waals surface area contributed by atoms with Gasteiger partial charge in [0.1, 0.15) is 0 Å². The van der Waals surface area contributed by atoms with Crippen LogP contribution in [-0.4, -0.2) is 26.2 Å². The first-order chi connectivity index (χ1) is 6.71. The van der Waals surface area contributed by atoms with Gasteiger partial charge in [-0.3, -0.25) is 4.79 Å². The summed E-state index contributed by atoms with van der Waals surface area (Å²) >= 11 is 0. The Balaban J connectivity index is 2.55. The van der Waals surface area contributed by atoms with Gasteiger partial charge in [-0.25, -0.2) is 9.78 Å². The van der Waals surface area contributed by atoms with Crippen LogP contribution in [0.25, 0.3) is 0 Å². The van der Waals surface area contributed by atoms with Crippen LogP contribution < -0.4 is 5.32 Å². The van der Waals surface area contributed by atoms with E-state index in [9.17, 15) is 4.79 Å². The van der Waals surface area contributed by atoms with Crippen LogP contribution in [0.15, 0.2) is 12.7 Å². The molecule has 1 saturated carbocycles. The average Bonchev–Trinajstić information content (AvgIpc) is 2.90. The topological polar surface area (TPSA) is 47.6 Å². The van der Waals surface area contributed by atoms with E-state index in [1.54, 1.807) is 6.08 Å². The van der Waals surface area contributed by atoms with Crippen molar-refractivity contribution in [2.45, 2.75) is 13.3 Å². The summed E-state index contributed by atoms with van der Waals surface area (Å²) in [7, 11) is 1.44. The second-order valence-corrected chi connectivity index (χ2v) is 3.49. The van der Waals surface area contributed by atoms with Gasteiger partial charge >= 0.3 is 0 Å². The summed E-state index contributed by atoms with van der Waals surface area (Å²) < 4.78 is 0. The van der Waals surface area contributed by atoms with E-state index in [-0.39, 0.29) is 11.8 Å². The lowest BCUT2D eigenvalue weighted by Gasteiger charge is -2.14.